The fraction of sp³-hybridized carbons (Fsp3) is 0.391. The predicted molar refractivity (Wildman–Crippen MR) is 110 cm³/mol. The minimum atomic E-state index is 0.0425. The van der Waals surface area contributed by atoms with Gasteiger partial charge in [0.15, 0.2) is 0 Å². The smallest absolute Gasteiger partial charge is 0.254 e. The third kappa shape index (κ3) is 3.88. The lowest BCUT2D eigenvalue weighted by Crippen LogP contribution is -2.33. The van der Waals surface area contributed by atoms with Gasteiger partial charge in [0.25, 0.3) is 5.91 Å². The zero-order valence-corrected chi connectivity index (χ0v) is 16.6. The Kier molecular flexibility index (Phi) is 5.33. The van der Waals surface area contributed by atoms with Crippen molar-refractivity contribution in [3.63, 3.8) is 0 Å². The lowest BCUT2D eigenvalue weighted by atomic mass is 10.1. The van der Waals surface area contributed by atoms with Gasteiger partial charge in [-0.05, 0) is 55.5 Å². The number of nitrogens with zero attached hydrogens (tertiary/aromatic N) is 3. The third-order valence-electron chi connectivity index (χ3n) is 5.29. The van der Waals surface area contributed by atoms with Gasteiger partial charge in [0.05, 0.1) is 24.7 Å². The van der Waals surface area contributed by atoms with Crippen LogP contribution in [0.15, 0.2) is 48.5 Å². The van der Waals surface area contributed by atoms with E-state index in [-0.39, 0.29) is 5.91 Å². The highest BCUT2D eigenvalue weighted by Gasteiger charge is 2.28. The van der Waals surface area contributed by atoms with Crippen molar-refractivity contribution >= 4 is 16.9 Å². The summed E-state index contributed by atoms with van der Waals surface area (Å²) in [5.41, 5.74) is 2.80. The Morgan fingerprint density at radius 2 is 2.04 bits per heavy atom. The molecule has 0 unspecified atom stereocenters. The van der Waals surface area contributed by atoms with E-state index in [9.17, 15) is 4.79 Å². The molecule has 4 rings (SSSR count). The number of ether oxygens (including phenoxy) is 1. The van der Waals surface area contributed by atoms with E-state index in [0.29, 0.717) is 23.8 Å². The molecule has 0 atom stereocenters. The number of carbonyl (C=O) groups excluding carboxylic acids is 1. The molecular formula is C23H27N3O2. The van der Waals surface area contributed by atoms with Gasteiger partial charge in [-0.1, -0.05) is 25.1 Å². The van der Waals surface area contributed by atoms with Gasteiger partial charge in [-0.2, -0.15) is 0 Å². The van der Waals surface area contributed by atoms with Crippen molar-refractivity contribution in [2.75, 3.05) is 13.7 Å². The van der Waals surface area contributed by atoms with Crippen molar-refractivity contribution in [1.82, 2.24) is 14.5 Å². The Bertz CT molecular complexity index is 975. The molecule has 1 aliphatic carbocycles. The number of imidazole rings is 1. The van der Waals surface area contributed by atoms with E-state index in [4.69, 9.17) is 9.72 Å². The van der Waals surface area contributed by atoms with Gasteiger partial charge in [0.1, 0.15) is 11.6 Å². The average molecular weight is 377 g/mol. The highest BCUT2D eigenvalue weighted by molar-refractivity contribution is 5.94. The number of fused-ring (bicyclic) bond motifs is 1. The molecule has 1 aliphatic rings. The first-order valence-electron chi connectivity index (χ1n) is 10.1. The standard InChI is InChI=1S/C23H27N3O2/c1-3-13-26-21-10-5-4-9-20(21)24-22(26)16-25(15-17-11-12-17)23(27)18-7-6-8-19(14-18)28-2/h4-10,14,17H,3,11-13,15-16H2,1-2H3. The van der Waals surface area contributed by atoms with Crippen LogP contribution >= 0.6 is 0 Å². The largest absolute Gasteiger partial charge is 0.497 e. The van der Waals surface area contributed by atoms with Gasteiger partial charge in [-0.3, -0.25) is 4.79 Å². The first kappa shape index (κ1) is 18.5. The Balaban J connectivity index is 1.66. The van der Waals surface area contributed by atoms with Crippen molar-refractivity contribution in [2.45, 2.75) is 39.3 Å². The van der Waals surface area contributed by atoms with Crippen LogP contribution in [0, 0.1) is 5.92 Å². The molecule has 5 heteroatoms. The maximum atomic E-state index is 13.3. The quantitative estimate of drug-likeness (QED) is 0.580. The van der Waals surface area contributed by atoms with E-state index in [1.807, 2.05) is 47.4 Å². The van der Waals surface area contributed by atoms with Crippen LogP contribution in [0.25, 0.3) is 11.0 Å². The first-order valence-corrected chi connectivity index (χ1v) is 10.1. The summed E-state index contributed by atoms with van der Waals surface area (Å²) in [5, 5.41) is 0. The molecule has 0 aliphatic heterocycles. The average Bonchev–Trinajstić information content (AvgIpc) is 3.49. The second-order valence-electron chi connectivity index (χ2n) is 7.53. The number of carbonyl (C=O) groups is 1. The molecule has 0 spiro atoms. The molecule has 1 amide bonds. The van der Waals surface area contributed by atoms with Crippen LogP contribution in [0.2, 0.25) is 0 Å². The van der Waals surface area contributed by atoms with Crippen LogP contribution < -0.4 is 4.74 Å². The summed E-state index contributed by atoms with van der Waals surface area (Å²) >= 11 is 0. The normalized spacial score (nSPS) is 13.6. The van der Waals surface area contributed by atoms with E-state index in [1.165, 1.54) is 12.8 Å². The van der Waals surface area contributed by atoms with Gasteiger partial charge in [-0.15, -0.1) is 0 Å². The number of hydrogen-bond donors (Lipinski definition) is 0. The summed E-state index contributed by atoms with van der Waals surface area (Å²) in [7, 11) is 1.62. The number of amides is 1. The summed E-state index contributed by atoms with van der Waals surface area (Å²) in [6.45, 7) is 4.38. The topological polar surface area (TPSA) is 47.4 Å². The summed E-state index contributed by atoms with van der Waals surface area (Å²) in [6.07, 6.45) is 3.43. The fourth-order valence-electron chi connectivity index (χ4n) is 3.66. The number of para-hydroxylation sites is 2. The van der Waals surface area contributed by atoms with Crippen LogP contribution in [-0.2, 0) is 13.1 Å². The molecule has 1 aromatic heterocycles. The van der Waals surface area contributed by atoms with E-state index >= 15 is 0 Å². The third-order valence-corrected chi connectivity index (χ3v) is 5.29. The van der Waals surface area contributed by atoms with Crippen molar-refractivity contribution < 1.29 is 9.53 Å². The van der Waals surface area contributed by atoms with Crippen LogP contribution in [0.4, 0.5) is 0 Å². The molecule has 146 valence electrons. The monoisotopic (exact) mass is 377 g/mol. The lowest BCUT2D eigenvalue weighted by Gasteiger charge is -2.23. The maximum absolute atomic E-state index is 13.3. The Labute approximate surface area is 165 Å². The number of methoxy groups -OCH3 is 1. The molecule has 2 aromatic carbocycles. The zero-order chi connectivity index (χ0) is 19.5. The molecular weight excluding hydrogens is 350 g/mol. The number of benzene rings is 2. The SMILES string of the molecule is CCCn1c(CN(CC2CC2)C(=O)c2cccc(OC)c2)nc2ccccc21. The summed E-state index contributed by atoms with van der Waals surface area (Å²) in [6, 6.07) is 15.6. The van der Waals surface area contributed by atoms with Gasteiger partial charge < -0.3 is 14.2 Å². The number of rotatable bonds is 8. The highest BCUT2D eigenvalue weighted by Crippen LogP contribution is 2.31. The fourth-order valence-corrected chi connectivity index (χ4v) is 3.66. The van der Waals surface area contributed by atoms with E-state index in [2.05, 4.69) is 17.6 Å². The Hall–Kier alpha value is -2.82. The molecule has 0 N–H and O–H groups in total. The zero-order valence-electron chi connectivity index (χ0n) is 16.6. The van der Waals surface area contributed by atoms with Crippen molar-refractivity contribution in [3.05, 3.63) is 59.9 Å². The summed E-state index contributed by atoms with van der Waals surface area (Å²) in [5.74, 6) is 2.31. The van der Waals surface area contributed by atoms with Gasteiger partial charge in [-0.25, -0.2) is 4.98 Å². The van der Waals surface area contributed by atoms with Crippen molar-refractivity contribution in [3.8, 4) is 5.75 Å². The second-order valence-corrected chi connectivity index (χ2v) is 7.53. The van der Waals surface area contributed by atoms with E-state index < -0.39 is 0 Å². The molecule has 3 aromatic rings. The molecule has 28 heavy (non-hydrogen) atoms. The number of aryl methyl sites for hydroxylation is 1. The van der Waals surface area contributed by atoms with Crippen molar-refractivity contribution in [2.24, 2.45) is 5.92 Å². The van der Waals surface area contributed by atoms with E-state index in [0.717, 1.165) is 36.4 Å². The van der Waals surface area contributed by atoms with Crippen LogP contribution in [-0.4, -0.2) is 34.0 Å². The van der Waals surface area contributed by atoms with E-state index in [1.54, 1.807) is 7.11 Å². The minimum Gasteiger partial charge on any atom is -0.497 e. The summed E-state index contributed by atoms with van der Waals surface area (Å²) in [4.78, 5) is 20.1. The minimum absolute atomic E-state index is 0.0425. The highest BCUT2D eigenvalue weighted by atomic mass is 16.5. The Morgan fingerprint density at radius 1 is 1.21 bits per heavy atom. The molecule has 0 bridgehead atoms. The first-order chi connectivity index (χ1) is 13.7. The van der Waals surface area contributed by atoms with Gasteiger partial charge in [0, 0.05) is 18.7 Å². The lowest BCUT2D eigenvalue weighted by molar-refractivity contribution is 0.0728. The molecule has 0 radical (unpaired) electrons. The molecule has 0 saturated heterocycles. The second kappa shape index (κ2) is 8.05. The predicted octanol–water partition coefficient (Wildman–Crippen LogP) is 4.51. The Morgan fingerprint density at radius 3 is 2.79 bits per heavy atom. The van der Waals surface area contributed by atoms with Crippen LogP contribution in [0.1, 0.15) is 42.4 Å². The maximum Gasteiger partial charge on any atom is 0.254 e. The van der Waals surface area contributed by atoms with Crippen LogP contribution in [0.5, 0.6) is 5.75 Å². The molecule has 5 nitrogen and oxygen atoms in total. The van der Waals surface area contributed by atoms with Crippen LogP contribution in [0.3, 0.4) is 0 Å². The number of aromatic nitrogens is 2. The number of hydrogen-bond acceptors (Lipinski definition) is 3. The molecule has 1 fully saturated rings. The molecule has 1 saturated carbocycles. The van der Waals surface area contributed by atoms with Gasteiger partial charge in [0.2, 0.25) is 0 Å². The summed E-state index contributed by atoms with van der Waals surface area (Å²) < 4.78 is 7.56. The van der Waals surface area contributed by atoms with Gasteiger partial charge >= 0.3 is 0 Å². The van der Waals surface area contributed by atoms with Crippen molar-refractivity contribution in [1.29, 1.82) is 0 Å². The molecule has 1 heterocycles.